The molecule has 2 aliphatic rings. The van der Waals surface area contributed by atoms with Crippen molar-refractivity contribution in [1.82, 2.24) is 9.97 Å². The average molecular weight is 581 g/mol. The average Bonchev–Trinajstić information content (AvgIpc) is 3.31. The van der Waals surface area contributed by atoms with Gasteiger partial charge in [-0.2, -0.15) is 0 Å². The molecule has 1 saturated heterocycles. The van der Waals surface area contributed by atoms with Crippen LogP contribution in [0.1, 0.15) is 24.1 Å². The van der Waals surface area contributed by atoms with Gasteiger partial charge in [-0.05, 0) is 0 Å². The maximum absolute atomic E-state index is 9.42. The van der Waals surface area contributed by atoms with Crippen molar-refractivity contribution in [3.05, 3.63) is 78.2 Å². The number of nitrogens with one attached hydrogen (secondary N) is 2. The minimum absolute atomic E-state index is 0.0701. The Bertz CT molecular complexity index is 1330. The molecule has 2 aromatic carbocycles. The summed E-state index contributed by atoms with van der Waals surface area (Å²) in [7, 11) is 0. The molecule has 1 spiro atoms. The van der Waals surface area contributed by atoms with Crippen molar-refractivity contribution in [1.29, 1.82) is 0 Å². The zero-order chi connectivity index (χ0) is 23.7. The van der Waals surface area contributed by atoms with Gasteiger partial charge < -0.3 is 5.11 Å². The molecule has 3 N–H and O–H groups in total. The van der Waals surface area contributed by atoms with Gasteiger partial charge in [0.1, 0.15) is 0 Å². The first kappa shape index (κ1) is 22.7. The van der Waals surface area contributed by atoms with Gasteiger partial charge in [-0.25, -0.2) is 0 Å². The van der Waals surface area contributed by atoms with Crippen LogP contribution in [0.25, 0.3) is 10.9 Å². The van der Waals surface area contributed by atoms with Gasteiger partial charge in [0.2, 0.25) is 0 Å². The zero-order valence-corrected chi connectivity index (χ0v) is 21.8. The summed E-state index contributed by atoms with van der Waals surface area (Å²) in [6, 6.07) is 18.8. The van der Waals surface area contributed by atoms with Crippen LogP contribution in [-0.2, 0) is 13.0 Å². The Hall–Kier alpha value is -2.78. The predicted octanol–water partition coefficient (Wildman–Crippen LogP) is 1.86. The first-order chi connectivity index (χ1) is 17.2. The Labute approximate surface area is 216 Å². The Kier molecular flexibility index (Phi) is 6.28. The van der Waals surface area contributed by atoms with Gasteiger partial charge in [0.25, 0.3) is 0 Å². The zero-order valence-electron chi connectivity index (χ0n) is 19.6. The van der Waals surface area contributed by atoms with E-state index in [1.54, 1.807) is 6.20 Å². The SMILES string of the molecule is OCc1cc(Nc2ccc3c(c2)OC2(CC[I-]CC2)CN3CCc2c[nH]c3ccccc23)ccn1. The number of aromatic amines is 1. The van der Waals surface area contributed by atoms with E-state index in [1.807, 2.05) is 12.1 Å². The van der Waals surface area contributed by atoms with Crippen LogP contribution in [0.15, 0.2) is 67.0 Å². The van der Waals surface area contributed by atoms with Crippen molar-refractivity contribution in [3.8, 4) is 5.75 Å². The monoisotopic (exact) mass is 581 g/mol. The molecule has 0 atom stereocenters. The van der Waals surface area contributed by atoms with E-state index >= 15 is 0 Å². The standard InChI is InChI=1S/C28H30IN4O2/c34-18-23-15-22(7-13-30-23)32-21-5-6-26-27(16-21)35-28(9-11-29-12-10-28)19-33(26)14-8-20-17-31-25-4-2-1-3-24(20)25/h1-7,13,15-17,31,34H,8-12,14,18-19H2,(H,30,32)/q-1. The number of nitrogens with zero attached hydrogens (tertiary/aromatic N) is 2. The third-order valence-corrected chi connectivity index (χ3v) is 9.67. The summed E-state index contributed by atoms with van der Waals surface area (Å²) >= 11 is 0.333. The molecular formula is C28H30IN4O2-. The summed E-state index contributed by atoms with van der Waals surface area (Å²) < 4.78 is 9.47. The Balaban J connectivity index is 1.28. The molecule has 6 rings (SSSR count). The maximum atomic E-state index is 9.42. The first-order valence-electron chi connectivity index (χ1n) is 12.2. The van der Waals surface area contributed by atoms with Gasteiger partial charge in [0, 0.05) is 0 Å². The van der Waals surface area contributed by atoms with Gasteiger partial charge in [-0.1, -0.05) is 0 Å². The molecular weight excluding hydrogens is 551 g/mol. The number of halogens is 1. The summed E-state index contributed by atoms with van der Waals surface area (Å²) in [5, 5.41) is 14.2. The first-order valence-corrected chi connectivity index (χ1v) is 15.3. The number of hydrogen-bond acceptors (Lipinski definition) is 5. The van der Waals surface area contributed by atoms with E-state index in [4.69, 9.17) is 4.74 Å². The van der Waals surface area contributed by atoms with E-state index in [-0.39, 0.29) is 12.2 Å². The third-order valence-electron chi connectivity index (χ3n) is 7.07. The summed E-state index contributed by atoms with van der Waals surface area (Å²) in [4.78, 5) is 10.1. The normalized spacial score (nSPS) is 17.0. The van der Waals surface area contributed by atoms with Gasteiger partial charge in [0.15, 0.2) is 0 Å². The fourth-order valence-corrected chi connectivity index (χ4v) is 8.46. The molecule has 0 bridgehead atoms. The van der Waals surface area contributed by atoms with Crippen molar-refractivity contribution in [2.45, 2.75) is 31.5 Å². The summed E-state index contributed by atoms with van der Waals surface area (Å²) in [6.07, 6.45) is 7.19. The number of ether oxygens (including phenoxy) is 1. The van der Waals surface area contributed by atoms with E-state index in [2.05, 4.69) is 68.8 Å². The number of H-pyrrole nitrogens is 1. The molecule has 0 unspecified atom stereocenters. The van der Waals surface area contributed by atoms with Crippen LogP contribution in [0.3, 0.4) is 0 Å². The van der Waals surface area contributed by atoms with Gasteiger partial charge in [-0.3, -0.25) is 0 Å². The van der Waals surface area contributed by atoms with Crippen LogP contribution >= 0.6 is 0 Å². The molecule has 2 aliphatic heterocycles. The van der Waals surface area contributed by atoms with Crippen molar-refractivity contribution in [2.24, 2.45) is 0 Å². The number of aliphatic hydroxyl groups excluding tert-OH is 1. The third kappa shape index (κ3) is 4.71. The number of para-hydroxylation sites is 1. The number of hydrogen-bond donors (Lipinski definition) is 3. The summed E-state index contributed by atoms with van der Waals surface area (Å²) in [6.45, 7) is 1.86. The molecule has 4 aromatic rings. The van der Waals surface area contributed by atoms with Gasteiger partial charge in [0.05, 0.1) is 0 Å². The Morgan fingerprint density at radius 2 is 1.94 bits per heavy atom. The van der Waals surface area contributed by atoms with Gasteiger partial charge >= 0.3 is 212 Å². The molecule has 6 nitrogen and oxygen atoms in total. The van der Waals surface area contributed by atoms with Crippen molar-refractivity contribution in [3.63, 3.8) is 0 Å². The topological polar surface area (TPSA) is 73.4 Å². The second-order valence-electron chi connectivity index (χ2n) is 9.38. The van der Waals surface area contributed by atoms with Crippen LogP contribution in [0.4, 0.5) is 17.1 Å². The number of aromatic nitrogens is 2. The second-order valence-corrected chi connectivity index (χ2v) is 12.6. The van der Waals surface area contributed by atoms with E-state index in [0.717, 1.165) is 49.5 Å². The molecule has 0 radical (unpaired) electrons. The van der Waals surface area contributed by atoms with E-state index in [9.17, 15) is 5.11 Å². The quantitative estimate of drug-likeness (QED) is 0.240. The Morgan fingerprint density at radius 3 is 2.83 bits per heavy atom. The molecule has 7 heteroatoms. The molecule has 35 heavy (non-hydrogen) atoms. The fourth-order valence-electron chi connectivity index (χ4n) is 5.19. The van der Waals surface area contributed by atoms with Gasteiger partial charge in [-0.15, -0.1) is 0 Å². The molecule has 0 saturated carbocycles. The molecule has 0 amide bonds. The van der Waals surface area contributed by atoms with E-state index in [0.29, 0.717) is 26.9 Å². The summed E-state index contributed by atoms with van der Waals surface area (Å²) in [5.74, 6) is 0.969. The number of fused-ring (bicyclic) bond motifs is 2. The van der Waals surface area contributed by atoms with Crippen LogP contribution < -0.4 is 36.2 Å². The van der Waals surface area contributed by atoms with Crippen LogP contribution in [-0.4, -0.2) is 42.6 Å². The van der Waals surface area contributed by atoms with Crippen LogP contribution in [0, 0.1) is 0 Å². The van der Waals surface area contributed by atoms with E-state index < -0.39 is 0 Å². The number of rotatable bonds is 6. The van der Waals surface area contributed by atoms with Crippen molar-refractivity contribution >= 4 is 28.0 Å². The molecule has 0 aliphatic carbocycles. The number of benzene rings is 2. The number of aliphatic hydroxyl groups is 1. The number of anilines is 3. The second kappa shape index (κ2) is 9.70. The van der Waals surface area contributed by atoms with Crippen molar-refractivity contribution < 1.29 is 31.0 Å². The molecule has 182 valence electrons. The van der Waals surface area contributed by atoms with Crippen LogP contribution in [0.2, 0.25) is 0 Å². The van der Waals surface area contributed by atoms with E-state index in [1.165, 1.54) is 31.0 Å². The minimum atomic E-state index is -0.0788. The number of alkyl halides is 2. The molecule has 2 aromatic heterocycles. The molecule has 1 fully saturated rings. The fraction of sp³-hybridized carbons (Fsp3) is 0.321. The summed E-state index contributed by atoms with van der Waals surface area (Å²) in [5.41, 5.74) is 6.21. The van der Waals surface area contributed by atoms with Crippen LogP contribution in [0.5, 0.6) is 5.75 Å². The van der Waals surface area contributed by atoms with Crippen molar-refractivity contribution in [2.75, 3.05) is 32.2 Å². The molecule has 4 heterocycles. The predicted molar refractivity (Wildman–Crippen MR) is 136 cm³/mol. The number of pyridine rings is 1. The Morgan fingerprint density at radius 1 is 1.09 bits per heavy atom.